The van der Waals surface area contributed by atoms with Gasteiger partial charge in [-0.15, -0.1) is 0 Å². The van der Waals surface area contributed by atoms with Gasteiger partial charge in [-0.25, -0.2) is 0 Å². The van der Waals surface area contributed by atoms with Gasteiger partial charge in [0.15, 0.2) is 0 Å². The van der Waals surface area contributed by atoms with Crippen molar-refractivity contribution in [1.82, 2.24) is 0 Å². The van der Waals surface area contributed by atoms with Gasteiger partial charge < -0.3 is 4.74 Å². The molecule has 0 aliphatic rings. The molecule has 92 valence electrons. The van der Waals surface area contributed by atoms with Gasteiger partial charge in [-0.2, -0.15) is 0 Å². The Morgan fingerprint density at radius 3 is 2.41 bits per heavy atom. The number of carbonyl (C=O) groups is 1. The first-order chi connectivity index (χ1) is 7.71. The Morgan fingerprint density at radius 1 is 1.41 bits per heavy atom. The van der Waals surface area contributed by atoms with Crippen molar-refractivity contribution in [3.05, 3.63) is 33.3 Å². The van der Waals surface area contributed by atoms with E-state index in [9.17, 15) is 14.9 Å². The van der Waals surface area contributed by atoms with E-state index in [0.717, 1.165) is 0 Å². The largest absolute Gasteiger partial charge is 0.426 e. The summed E-state index contributed by atoms with van der Waals surface area (Å²) in [5, 5.41) is 10.5. The highest BCUT2D eigenvalue weighted by atomic mass is 35.5. The Hall–Kier alpha value is -1.62. The Labute approximate surface area is 103 Å². The number of nitrogens with zero attached hydrogens (tertiary/aromatic N) is 1. The second-order valence-electron chi connectivity index (χ2n) is 4.51. The van der Waals surface area contributed by atoms with Crippen LogP contribution in [0.3, 0.4) is 0 Å². The van der Waals surface area contributed by atoms with Crippen LogP contribution in [0.5, 0.6) is 5.75 Å². The molecule has 0 radical (unpaired) electrons. The van der Waals surface area contributed by atoms with Gasteiger partial charge in [-0.1, -0.05) is 11.6 Å². The molecule has 1 aromatic rings. The summed E-state index contributed by atoms with van der Waals surface area (Å²) in [6.07, 6.45) is 0. The molecule has 0 fully saturated rings. The molecule has 0 aromatic heterocycles. The van der Waals surface area contributed by atoms with Crippen LogP contribution in [0.15, 0.2) is 18.2 Å². The number of esters is 1. The first-order valence-electron chi connectivity index (χ1n) is 4.88. The molecule has 0 bridgehead atoms. The molecule has 0 atom stereocenters. The summed E-state index contributed by atoms with van der Waals surface area (Å²) >= 11 is 5.69. The van der Waals surface area contributed by atoms with Crippen LogP contribution in [0.2, 0.25) is 5.02 Å². The predicted molar refractivity (Wildman–Crippen MR) is 63.2 cm³/mol. The molecule has 0 unspecified atom stereocenters. The molecule has 1 rings (SSSR count). The van der Waals surface area contributed by atoms with Crippen LogP contribution in [0.4, 0.5) is 5.69 Å². The fraction of sp³-hybridized carbons (Fsp3) is 0.364. The summed E-state index contributed by atoms with van der Waals surface area (Å²) in [6, 6.07) is 3.80. The van der Waals surface area contributed by atoms with E-state index in [2.05, 4.69) is 0 Å². The third kappa shape index (κ3) is 3.42. The molecular weight excluding hydrogens is 246 g/mol. The second-order valence-corrected chi connectivity index (χ2v) is 4.92. The van der Waals surface area contributed by atoms with E-state index in [0.29, 0.717) is 0 Å². The third-order valence-corrected chi connectivity index (χ3v) is 2.24. The second kappa shape index (κ2) is 4.71. The summed E-state index contributed by atoms with van der Waals surface area (Å²) in [5.41, 5.74) is -0.865. The first-order valence-corrected chi connectivity index (χ1v) is 5.26. The zero-order valence-electron chi connectivity index (χ0n) is 9.69. The Bertz CT molecular complexity index is 465. The molecule has 0 N–H and O–H groups in total. The highest BCUT2D eigenvalue weighted by Crippen LogP contribution is 2.29. The quantitative estimate of drug-likeness (QED) is 0.353. The van der Waals surface area contributed by atoms with E-state index in [1.807, 2.05) is 0 Å². The number of nitro benzene ring substituents is 1. The number of carbonyl (C=O) groups excluding carboxylic acids is 1. The minimum absolute atomic E-state index is 0.0609. The highest BCUT2D eigenvalue weighted by molar-refractivity contribution is 6.32. The number of benzene rings is 1. The molecule has 17 heavy (non-hydrogen) atoms. The third-order valence-electron chi connectivity index (χ3n) is 1.94. The minimum atomic E-state index is -0.645. The Morgan fingerprint density at radius 2 is 2.00 bits per heavy atom. The number of hydrogen-bond donors (Lipinski definition) is 0. The van der Waals surface area contributed by atoms with Gasteiger partial charge in [-0.3, -0.25) is 14.9 Å². The van der Waals surface area contributed by atoms with Crippen molar-refractivity contribution in [3.63, 3.8) is 0 Å². The smallest absolute Gasteiger partial charge is 0.316 e. The summed E-state index contributed by atoms with van der Waals surface area (Å²) in [6.45, 7) is 5.13. The van der Waals surface area contributed by atoms with E-state index in [1.165, 1.54) is 18.2 Å². The number of ether oxygens (including phenoxy) is 1. The number of hydrogen-bond acceptors (Lipinski definition) is 4. The summed E-state index contributed by atoms with van der Waals surface area (Å²) < 4.78 is 5.05. The molecule has 0 spiro atoms. The standard InChI is InChI=1S/C11H12ClNO4/c1-11(2,3)10(14)17-7-4-5-9(13(15)16)8(12)6-7/h4-6H,1-3H3. The summed E-state index contributed by atoms with van der Waals surface area (Å²) in [5.74, 6) is -0.233. The van der Waals surface area contributed by atoms with Gasteiger partial charge in [0.1, 0.15) is 10.8 Å². The number of halogens is 1. The molecule has 0 aliphatic carbocycles. The molecule has 6 heteroatoms. The SMILES string of the molecule is CC(C)(C)C(=O)Oc1ccc([N+](=O)[O-])c(Cl)c1. The van der Waals surface area contributed by atoms with E-state index in [4.69, 9.17) is 16.3 Å². The maximum absolute atomic E-state index is 11.6. The topological polar surface area (TPSA) is 69.4 Å². The van der Waals surface area contributed by atoms with Crippen molar-refractivity contribution in [1.29, 1.82) is 0 Å². The molecule has 0 saturated carbocycles. The molecule has 0 saturated heterocycles. The van der Waals surface area contributed by atoms with Crippen molar-refractivity contribution >= 4 is 23.3 Å². The zero-order chi connectivity index (χ0) is 13.2. The van der Waals surface area contributed by atoms with Crippen LogP contribution >= 0.6 is 11.6 Å². The van der Waals surface area contributed by atoms with E-state index in [1.54, 1.807) is 20.8 Å². The molecule has 0 amide bonds. The highest BCUT2D eigenvalue weighted by Gasteiger charge is 2.24. The first kappa shape index (κ1) is 13.4. The van der Waals surface area contributed by atoms with Crippen molar-refractivity contribution in [2.45, 2.75) is 20.8 Å². The average Bonchev–Trinajstić information content (AvgIpc) is 2.15. The van der Waals surface area contributed by atoms with Crippen LogP contribution in [0.1, 0.15) is 20.8 Å². The van der Waals surface area contributed by atoms with E-state index in [-0.39, 0.29) is 16.5 Å². The molecule has 5 nitrogen and oxygen atoms in total. The van der Waals surface area contributed by atoms with Gasteiger partial charge in [0.2, 0.25) is 0 Å². The average molecular weight is 258 g/mol. The van der Waals surface area contributed by atoms with Gasteiger partial charge in [0, 0.05) is 12.1 Å². The maximum atomic E-state index is 11.6. The predicted octanol–water partition coefficient (Wildman–Crippen LogP) is 3.20. The summed E-state index contributed by atoms with van der Waals surface area (Å²) in [7, 11) is 0. The van der Waals surface area contributed by atoms with Crippen LogP contribution in [0.25, 0.3) is 0 Å². The van der Waals surface area contributed by atoms with E-state index >= 15 is 0 Å². The number of nitro groups is 1. The Balaban J connectivity index is 2.92. The van der Waals surface area contributed by atoms with Gasteiger partial charge in [-0.05, 0) is 26.8 Å². The van der Waals surface area contributed by atoms with Crippen LogP contribution in [-0.2, 0) is 4.79 Å². The monoisotopic (exact) mass is 257 g/mol. The van der Waals surface area contributed by atoms with Gasteiger partial charge in [0.25, 0.3) is 5.69 Å². The van der Waals surface area contributed by atoms with Crippen LogP contribution in [-0.4, -0.2) is 10.9 Å². The van der Waals surface area contributed by atoms with Crippen molar-refractivity contribution < 1.29 is 14.5 Å². The fourth-order valence-electron chi connectivity index (χ4n) is 0.959. The molecule has 1 aromatic carbocycles. The Kier molecular flexibility index (Phi) is 3.72. The molecule has 0 aliphatic heterocycles. The molecule has 0 heterocycles. The lowest BCUT2D eigenvalue weighted by atomic mass is 9.97. The van der Waals surface area contributed by atoms with Gasteiger partial charge in [0.05, 0.1) is 10.3 Å². The van der Waals surface area contributed by atoms with E-state index < -0.39 is 16.3 Å². The van der Waals surface area contributed by atoms with Crippen LogP contribution < -0.4 is 4.74 Å². The minimum Gasteiger partial charge on any atom is -0.426 e. The van der Waals surface area contributed by atoms with Crippen LogP contribution in [0, 0.1) is 15.5 Å². The van der Waals surface area contributed by atoms with Gasteiger partial charge >= 0.3 is 5.97 Å². The maximum Gasteiger partial charge on any atom is 0.316 e. The van der Waals surface area contributed by atoms with Crippen molar-refractivity contribution in [2.24, 2.45) is 5.41 Å². The zero-order valence-corrected chi connectivity index (χ0v) is 10.4. The van der Waals surface area contributed by atoms with Crippen molar-refractivity contribution in [3.8, 4) is 5.75 Å². The van der Waals surface area contributed by atoms with Crippen molar-refractivity contribution in [2.75, 3.05) is 0 Å². The normalized spacial score (nSPS) is 11.1. The number of rotatable bonds is 2. The lowest BCUT2D eigenvalue weighted by Crippen LogP contribution is -2.25. The fourth-order valence-corrected chi connectivity index (χ4v) is 1.20. The molecular formula is C11H12ClNO4. The lowest BCUT2D eigenvalue weighted by molar-refractivity contribution is -0.384. The summed E-state index contributed by atoms with van der Waals surface area (Å²) in [4.78, 5) is 21.5. The lowest BCUT2D eigenvalue weighted by Gasteiger charge is -2.16.